The molecule has 2 aliphatic rings. The maximum absolute atomic E-state index is 6.53. The van der Waals surface area contributed by atoms with Gasteiger partial charge in [0.05, 0.1) is 8.81 Å². The first-order valence-corrected chi connectivity index (χ1v) is 8.93. The number of halogens is 2. The second kappa shape index (κ2) is 4.84. The van der Waals surface area contributed by atoms with Crippen molar-refractivity contribution in [2.45, 2.75) is 24.8 Å². The molecule has 2 aliphatic carbocycles. The van der Waals surface area contributed by atoms with E-state index in [0.29, 0.717) is 11.8 Å². The van der Waals surface area contributed by atoms with E-state index in [4.69, 9.17) is 17.3 Å². The molecule has 4 atom stereocenters. The number of aryl methyl sites for hydroxylation is 1. The van der Waals surface area contributed by atoms with Crippen LogP contribution >= 0.6 is 38.9 Å². The van der Waals surface area contributed by atoms with Crippen LogP contribution in [-0.4, -0.2) is 0 Å². The van der Waals surface area contributed by atoms with Gasteiger partial charge in [-0.15, -0.1) is 11.3 Å². The topological polar surface area (TPSA) is 26.0 Å². The van der Waals surface area contributed by atoms with Crippen molar-refractivity contribution in [3.63, 3.8) is 0 Å². The molecule has 2 N–H and O–H groups in total. The van der Waals surface area contributed by atoms with Crippen LogP contribution in [0.1, 0.15) is 34.4 Å². The minimum atomic E-state index is 0.116. The van der Waals surface area contributed by atoms with Crippen LogP contribution in [0.15, 0.2) is 34.1 Å². The zero-order valence-electron chi connectivity index (χ0n) is 10.9. The van der Waals surface area contributed by atoms with Crippen molar-refractivity contribution in [3.05, 3.63) is 55.1 Å². The lowest BCUT2D eigenvalue weighted by atomic mass is 9.92. The molecule has 1 nitrogen and oxygen atoms in total. The van der Waals surface area contributed by atoms with Gasteiger partial charge in [0.15, 0.2) is 0 Å². The van der Waals surface area contributed by atoms with Gasteiger partial charge in [0.25, 0.3) is 0 Å². The van der Waals surface area contributed by atoms with Gasteiger partial charge in [-0.3, -0.25) is 0 Å². The molecule has 0 spiro atoms. The smallest absolute Gasteiger partial charge is 0.0887 e. The van der Waals surface area contributed by atoms with Crippen molar-refractivity contribution in [1.82, 2.24) is 0 Å². The summed E-state index contributed by atoms with van der Waals surface area (Å²) in [6.07, 6.45) is 2.48. The third-order valence-corrected chi connectivity index (χ3v) is 7.37. The highest BCUT2D eigenvalue weighted by Crippen LogP contribution is 2.64. The lowest BCUT2D eigenvalue weighted by Crippen LogP contribution is -2.12. The zero-order valence-corrected chi connectivity index (χ0v) is 14.0. The van der Waals surface area contributed by atoms with Gasteiger partial charge in [-0.05, 0) is 63.7 Å². The zero-order chi connectivity index (χ0) is 13.9. The molecule has 1 aromatic heterocycles. The molecule has 4 rings (SSSR count). The van der Waals surface area contributed by atoms with Crippen molar-refractivity contribution >= 4 is 38.9 Å². The van der Waals surface area contributed by atoms with E-state index in [2.05, 4.69) is 40.2 Å². The Balaban J connectivity index is 1.63. The Labute approximate surface area is 136 Å². The van der Waals surface area contributed by atoms with Gasteiger partial charge in [-0.2, -0.15) is 0 Å². The van der Waals surface area contributed by atoms with Crippen molar-refractivity contribution in [1.29, 1.82) is 0 Å². The van der Waals surface area contributed by atoms with E-state index >= 15 is 0 Å². The highest BCUT2D eigenvalue weighted by atomic mass is 79.9. The Hall–Kier alpha value is -0.350. The Morgan fingerprint density at radius 3 is 2.90 bits per heavy atom. The lowest BCUT2D eigenvalue weighted by Gasteiger charge is -2.13. The standard InChI is InChI=1S/C16H15BrClNS/c17-16-11(18)7-12(20-16)15(19)14-10-6-5-8-3-1-2-4-9(8)13(10)14/h1-4,7,10,13-15H,5-6,19H2. The molecule has 0 amide bonds. The van der Waals surface area contributed by atoms with E-state index in [-0.39, 0.29) is 6.04 Å². The van der Waals surface area contributed by atoms with Crippen LogP contribution in [0, 0.1) is 11.8 Å². The quantitative estimate of drug-likeness (QED) is 0.780. The van der Waals surface area contributed by atoms with Crippen molar-refractivity contribution in [2.24, 2.45) is 17.6 Å². The Bertz CT molecular complexity index is 649. The first kappa shape index (κ1) is 13.3. The Morgan fingerprint density at radius 2 is 2.15 bits per heavy atom. The van der Waals surface area contributed by atoms with Crippen molar-refractivity contribution in [2.75, 3.05) is 0 Å². The highest BCUT2D eigenvalue weighted by molar-refractivity contribution is 9.11. The molecule has 2 aromatic rings. The molecule has 104 valence electrons. The molecule has 1 heterocycles. The summed E-state index contributed by atoms with van der Waals surface area (Å²) < 4.78 is 0.994. The van der Waals surface area contributed by atoms with Gasteiger partial charge in [0.2, 0.25) is 0 Å². The molecule has 1 aromatic carbocycles. The van der Waals surface area contributed by atoms with Crippen LogP contribution in [0.5, 0.6) is 0 Å². The molecule has 0 aliphatic heterocycles. The molecule has 4 heteroatoms. The molecule has 1 saturated carbocycles. The Morgan fingerprint density at radius 1 is 1.35 bits per heavy atom. The fourth-order valence-electron chi connectivity index (χ4n) is 3.83. The fourth-order valence-corrected chi connectivity index (χ4v) is 5.63. The van der Waals surface area contributed by atoms with Gasteiger partial charge in [-0.25, -0.2) is 0 Å². The van der Waals surface area contributed by atoms with E-state index in [1.165, 1.54) is 28.8 Å². The predicted octanol–water partition coefficient (Wildman–Crippen LogP) is 5.14. The summed E-state index contributed by atoms with van der Waals surface area (Å²) in [5.74, 6) is 2.01. The number of benzene rings is 1. The summed E-state index contributed by atoms with van der Waals surface area (Å²) in [5, 5.41) is 0.782. The summed E-state index contributed by atoms with van der Waals surface area (Å²) in [6, 6.07) is 11.0. The van der Waals surface area contributed by atoms with Crippen LogP contribution in [-0.2, 0) is 6.42 Å². The summed E-state index contributed by atoms with van der Waals surface area (Å²) in [4.78, 5) is 1.21. The molecule has 0 radical (unpaired) electrons. The lowest BCUT2D eigenvalue weighted by molar-refractivity contribution is 0.562. The molecule has 4 unspecified atom stereocenters. The summed E-state index contributed by atoms with van der Waals surface area (Å²) in [7, 11) is 0. The first-order valence-electron chi connectivity index (χ1n) is 6.95. The van der Waals surface area contributed by atoms with Gasteiger partial charge < -0.3 is 5.73 Å². The van der Waals surface area contributed by atoms with Crippen LogP contribution < -0.4 is 5.73 Å². The van der Waals surface area contributed by atoms with Gasteiger partial charge in [0, 0.05) is 10.9 Å². The summed E-state index contributed by atoms with van der Waals surface area (Å²) >= 11 is 11.3. The maximum Gasteiger partial charge on any atom is 0.0887 e. The summed E-state index contributed by atoms with van der Waals surface area (Å²) in [5.41, 5.74) is 9.59. The van der Waals surface area contributed by atoms with E-state index < -0.39 is 0 Å². The van der Waals surface area contributed by atoms with Crippen molar-refractivity contribution < 1.29 is 0 Å². The average Bonchev–Trinajstić information content (AvgIpc) is 3.11. The fraction of sp³-hybridized carbons (Fsp3) is 0.375. The van der Waals surface area contributed by atoms with Gasteiger partial charge in [0.1, 0.15) is 0 Å². The van der Waals surface area contributed by atoms with E-state index in [9.17, 15) is 0 Å². The van der Waals surface area contributed by atoms with Crippen molar-refractivity contribution in [3.8, 4) is 0 Å². The second-order valence-electron chi connectivity index (χ2n) is 5.80. The molecular weight excluding hydrogens is 354 g/mol. The minimum absolute atomic E-state index is 0.116. The predicted molar refractivity (Wildman–Crippen MR) is 88.4 cm³/mol. The third kappa shape index (κ3) is 1.98. The van der Waals surface area contributed by atoms with E-state index in [0.717, 1.165) is 14.7 Å². The Kier molecular flexibility index (Phi) is 3.22. The number of hydrogen-bond donors (Lipinski definition) is 1. The molecule has 20 heavy (non-hydrogen) atoms. The SMILES string of the molecule is NC(c1cc(Cl)c(Br)s1)C1C2CCc3ccccc3C21. The number of fused-ring (bicyclic) bond motifs is 3. The molecule has 0 saturated heterocycles. The number of hydrogen-bond acceptors (Lipinski definition) is 2. The summed E-state index contributed by atoms with van der Waals surface area (Å²) in [6.45, 7) is 0. The average molecular weight is 369 g/mol. The van der Waals surface area contributed by atoms with Crippen LogP contribution in [0.4, 0.5) is 0 Å². The van der Waals surface area contributed by atoms with E-state index in [1.807, 2.05) is 6.07 Å². The monoisotopic (exact) mass is 367 g/mol. The normalized spacial score (nSPS) is 28.6. The number of thiophene rings is 1. The third-order valence-electron chi connectivity index (χ3n) is 4.80. The number of nitrogens with two attached hydrogens (primary N) is 1. The van der Waals surface area contributed by atoms with Crippen LogP contribution in [0.25, 0.3) is 0 Å². The minimum Gasteiger partial charge on any atom is -0.323 e. The van der Waals surface area contributed by atoms with Gasteiger partial charge in [-0.1, -0.05) is 35.9 Å². The molecular formula is C16H15BrClNS. The maximum atomic E-state index is 6.53. The molecule has 1 fully saturated rings. The van der Waals surface area contributed by atoms with Gasteiger partial charge >= 0.3 is 0 Å². The van der Waals surface area contributed by atoms with Crippen LogP contribution in [0.3, 0.4) is 0 Å². The highest BCUT2D eigenvalue weighted by Gasteiger charge is 2.55. The van der Waals surface area contributed by atoms with E-state index in [1.54, 1.807) is 11.3 Å². The van der Waals surface area contributed by atoms with Crippen LogP contribution in [0.2, 0.25) is 5.02 Å². The largest absolute Gasteiger partial charge is 0.323 e. The number of rotatable bonds is 2. The first-order chi connectivity index (χ1) is 9.66. The molecule has 0 bridgehead atoms. The second-order valence-corrected chi connectivity index (χ2v) is 8.61.